The van der Waals surface area contributed by atoms with Gasteiger partial charge in [0.05, 0.1) is 10.6 Å². The van der Waals surface area contributed by atoms with Crippen LogP contribution in [0.5, 0.6) is 0 Å². The molecule has 0 spiro atoms. The minimum absolute atomic E-state index is 0.0921. The zero-order chi connectivity index (χ0) is 19.3. The molecule has 1 aliphatic heterocycles. The minimum atomic E-state index is -0.941. The number of piperidine rings is 1. The number of carbonyl (C=O) groups is 2. The van der Waals surface area contributed by atoms with Gasteiger partial charge in [-0.15, -0.1) is 0 Å². The van der Waals surface area contributed by atoms with Crippen LogP contribution >= 0.6 is 11.6 Å². The van der Waals surface area contributed by atoms with Gasteiger partial charge in [-0.2, -0.15) is 0 Å². The van der Waals surface area contributed by atoms with Gasteiger partial charge in [-0.1, -0.05) is 23.4 Å². The van der Waals surface area contributed by atoms with Gasteiger partial charge in [0.25, 0.3) is 0 Å². The van der Waals surface area contributed by atoms with Crippen molar-refractivity contribution in [1.29, 1.82) is 0 Å². The standard InChI is InChI=1S/C18H22ClN3O4/c1-18(2,3)26-16(23)21-15-13(14(19)8-9-20-15)7-6-12-5-4-10-22(11-12)17(24)25/h8-9,12H,4-5,10-11H2,1-3H3,(H,24,25)(H,20,21,23). The van der Waals surface area contributed by atoms with E-state index in [9.17, 15) is 9.59 Å². The van der Waals surface area contributed by atoms with Crippen molar-refractivity contribution < 1.29 is 19.4 Å². The Morgan fingerprint density at radius 1 is 1.46 bits per heavy atom. The van der Waals surface area contributed by atoms with Crippen LogP contribution in [0.3, 0.4) is 0 Å². The lowest BCUT2D eigenvalue weighted by Gasteiger charge is -2.27. The molecule has 7 nitrogen and oxygen atoms in total. The van der Waals surface area contributed by atoms with E-state index in [0.717, 1.165) is 12.8 Å². The van der Waals surface area contributed by atoms with E-state index in [4.69, 9.17) is 21.4 Å². The fourth-order valence-electron chi connectivity index (χ4n) is 2.50. The smallest absolute Gasteiger partial charge is 0.413 e. The van der Waals surface area contributed by atoms with Crippen LogP contribution in [0.25, 0.3) is 0 Å². The summed E-state index contributed by atoms with van der Waals surface area (Å²) in [7, 11) is 0. The fraction of sp³-hybridized carbons (Fsp3) is 0.500. The number of rotatable bonds is 1. The molecule has 1 atom stereocenters. The van der Waals surface area contributed by atoms with Crippen LogP contribution in [-0.4, -0.2) is 45.9 Å². The summed E-state index contributed by atoms with van der Waals surface area (Å²) in [5.41, 5.74) is -0.260. The molecule has 2 rings (SSSR count). The molecule has 0 bridgehead atoms. The zero-order valence-corrected chi connectivity index (χ0v) is 15.8. The number of likely N-dealkylation sites (tertiary alicyclic amines) is 1. The summed E-state index contributed by atoms with van der Waals surface area (Å²) in [4.78, 5) is 28.5. The lowest BCUT2D eigenvalue weighted by Crippen LogP contribution is -2.38. The molecule has 0 aromatic carbocycles. The van der Waals surface area contributed by atoms with Gasteiger partial charge in [-0.05, 0) is 39.7 Å². The molecule has 1 fully saturated rings. The summed E-state index contributed by atoms with van der Waals surface area (Å²) in [6, 6.07) is 1.58. The maximum atomic E-state index is 12.0. The number of pyridine rings is 1. The lowest BCUT2D eigenvalue weighted by molar-refractivity contribution is 0.0635. The zero-order valence-electron chi connectivity index (χ0n) is 15.0. The van der Waals surface area contributed by atoms with E-state index in [2.05, 4.69) is 22.1 Å². The first-order valence-electron chi connectivity index (χ1n) is 8.29. The van der Waals surface area contributed by atoms with Gasteiger partial charge in [0.2, 0.25) is 0 Å². The van der Waals surface area contributed by atoms with E-state index < -0.39 is 17.8 Å². The first-order valence-corrected chi connectivity index (χ1v) is 8.67. The number of halogens is 1. The van der Waals surface area contributed by atoms with Crippen LogP contribution in [0.1, 0.15) is 39.2 Å². The number of hydrogen-bond acceptors (Lipinski definition) is 4. The van der Waals surface area contributed by atoms with Crippen LogP contribution in [-0.2, 0) is 4.74 Å². The summed E-state index contributed by atoms with van der Waals surface area (Å²) in [6.45, 7) is 6.16. The van der Waals surface area contributed by atoms with E-state index in [1.807, 2.05) is 0 Å². The van der Waals surface area contributed by atoms with E-state index in [1.165, 1.54) is 11.1 Å². The molecule has 1 aromatic rings. The van der Waals surface area contributed by atoms with Crippen molar-refractivity contribution in [3.8, 4) is 11.8 Å². The number of nitrogens with one attached hydrogen (secondary N) is 1. The molecule has 2 amide bonds. The highest BCUT2D eigenvalue weighted by molar-refractivity contribution is 6.32. The van der Waals surface area contributed by atoms with Crippen molar-refractivity contribution >= 4 is 29.6 Å². The number of hydrogen-bond donors (Lipinski definition) is 2. The van der Waals surface area contributed by atoms with E-state index in [0.29, 0.717) is 23.7 Å². The molecule has 140 valence electrons. The summed E-state index contributed by atoms with van der Waals surface area (Å²) >= 11 is 6.20. The molecule has 8 heteroatoms. The second-order valence-electron chi connectivity index (χ2n) is 6.98. The average Bonchev–Trinajstić information content (AvgIpc) is 2.52. The molecule has 0 saturated carbocycles. The Labute approximate surface area is 157 Å². The largest absolute Gasteiger partial charge is 0.465 e. The number of ether oxygens (including phenoxy) is 1. The van der Waals surface area contributed by atoms with Gasteiger partial charge in [0.1, 0.15) is 5.60 Å². The summed E-state index contributed by atoms with van der Waals surface area (Å²) < 4.78 is 5.22. The molecule has 1 aromatic heterocycles. The molecular weight excluding hydrogens is 358 g/mol. The second-order valence-corrected chi connectivity index (χ2v) is 7.39. The van der Waals surface area contributed by atoms with Gasteiger partial charge in [0, 0.05) is 25.2 Å². The highest BCUT2D eigenvalue weighted by atomic mass is 35.5. The normalized spacial score (nSPS) is 17.1. The molecule has 1 aliphatic rings. The SMILES string of the molecule is CC(C)(C)OC(=O)Nc1nccc(Cl)c1C#CC1CCCN(C(=O)O)C1. The molecule has 0 aliphatic carbocycles. The lowest BCUT2D eigenvalue weighted by atomic mass is 9.98. The maximum absolute atomic E-state index is 12.0. The highest BCUT2D eigenvalue weighted by Crippen LogP contribution is 2.23. The summed E-state index contributed by atoms with van der Waals surface area (Å²) in [6.07, 6.45) is 1.44. The Kier molecular flexibility index (Phi) is 6.32. The number of nitrogens with zero attached hydrogens (tertiary/aromatic N) is 2. The Bertz CT molecular complexity index is 749. The van der Waals surface area contributed by atoms with E-state index in [-0.39, 0.29) is 11.7 Å². The molecule has 26 heavy (non-hydrogen) atoms. The topological polar surface area (TPSA) is 91.8 Å². The Hall–Kier alpha value is -2.46. The first-order chi connectivity index (χ1) is 12.2. The van der Waals surface area contributed by atoms with Crippen LogP contribution in [0, 0.1) is 17.8 Å². The van der Waals surface area contributed by atoms with Crippen LogP contribution < -0.4 is 5.32 Å². The predicted molar refractivity (Wildman–Crippen MR) is 98.3 cm³/mol. The highest BCUT2D eigenvalue weighted by Gasteiger charge is 2.22. The summed E-state index contributed by atoms with van der Waals surface area (Å²) in [5.74, 6) is 6.12. The minimum Gasteiger partial charge on any atom is -0.465 e. The van der Waals surface area contributed by atoms with Gasteiger partial charge in [-0.25, -0.2) is 14.6 Å². The van der Waals surface area contributed by atoms with Gasteiger partial charge >= 0.3 is 12.2 Å². The number of carbonyl (C=O) groups excluding carboxylic acids is 1. The van der Waals surface area contributed by atoms with Crippen LogP contribution in [0.2, 0.25) is 5.02 Å². The first kappa shape index (κ1) is 19.9. The second kappa shape index (κ2) is 8.28. The fourth-order valence-corrected chi connectivity index (χ4v) is 2.69. The Morgan fingerprint density at radius 3 is 2.85 bits per heavy atom. The van der Waals surface area contributed by atoms with Gasteiger partial charge in [-0.3, -0.25) is 5.32 Å². The molecule has 0 radical (unpaired) electrons. The maximum Gasteiger partial charge on any atom is 0.413 e. The summed E-state index contributed by atoms with van der Waals surface area (Å²) in [5, 5.41) is 12.0. The number of carboxylic acid groups (broad SMARTS) is 1. The van der Waals surface area contributed by atoms with Gasteiger partial charge < -0.3 is 14.7 Å². The number of aromatic nitrogens is 1. The third kappa shape index (κ3) is 5.81. The van der Waals surface area contributed by atoms with Crippen molar-refractivity contribution in [3.05, 3.63) is 22.8 Å². The average molecular weight is 380 g/mol. The molecule has 1 saturated heterocycles. The predicted octanol–water partition coefficient (Wildman–Crippen LogP) is 3.82. The molecule has 1 unspecified atom stereocenters. The van der Waals surface area contributed by atoms with Crippen LogP contribution in [0.15, 0.2) is 12.3 Å². The monoisotopic (exact) mass is 379 g/mol. The third-order valence-corrected chi connectivity index (χ3v) is 3.93. The quantitative estimate of drug-likeness (QED) is 0.723. The molecule has 2 heterocycles. The van der Waals surface area contributed by atoms with Crippen molar-refractivity contribution in [1.82, 2.24) is 9.88 Å². The molecule has 2 N–H and O–H groups in total. The Balaban J connectivity index is 2.17. The van der Waals surface area contributed by atoms with Crippen molar-refractivity contribution in [3.63, 3.8) is 0 Å². The molecular formula is C18H22ClN3O4. The van der Waals surface area contributed by atoms with E-state index >= 15 is 0 Å². The van der Waals surface area contributed by atoms with Crippen molar-refractivity contribution in [2.75, 3.05) is 18.4 Å². The van der Waals surface area contributed by atoms with Crippen LogP contribution in [0.4, 0.5) is 15.4 Å². The number of anilines is 1. The Morgan fingerprint density at radius 2 is 2.19 bits per heavy atom. The van der Waals surface area contributed by atoms with E-state index in [1.54, 1.807) is 26.8 Å². The number of amides is 2. The van der Waals surface area contributed by atoms with Crippen molar-refractivity contribution in [2.24, 2.45) is 5.92 Å². The third-order valence-electron chi connectivity index (χ3n) is 3.61. The van der Waals surface area contributed by atoms with Crippen molar-refractivity contribution in [2.45, 2.75) is 39.2 Å². The van der Waals surface area contributed by atoms with Gasteiger partial charge in [0.15, 0.2) is 5.82 Å².